The molecular formula is C20H25N5O2. The first kappa shape index (κ1) is 17.6. The summed E-state index contributed by atoms with van der Waals surface area (Å²) in [6.45, 7) is 2.93. The smallest absolute Gasteiger partial charge is 0.321 e. The minimum atomic E-state index is -0.101. The molecule has 4 rings (SSSR count). The number of amides is 3. The molecule has 2 aliphatic rings. The number of aryl methyl sites for hydroxylation is 1. The van der Waals surface area contributed by atoms with Gasteiger partial charge in [0, 0.05) is 55.9 Å². The molecule has 3 heterocycles. The molecule has 2 aromatic rings. The number of hydrogen-bond acceptors (Lipinski definition) is 3. The van der Waals surface area contributed by atoms with Crippen molar-refractivity contribution in [1.82, 2.24) is 19.8 Å². The summed E-state index contributed by atoms with van der Waals surface area (Å²) in [6, 6.07) is 7.58. The van der Waals surface area contributed by atoms with Crippen molar-refractivity contribution >= 4 is 17.6 Å². The van der Waals surface area contributed by atoms with Gasteiger partial charge in [-0.1, -0.05) is 6.07 Å². The zero-order valence-electron chi connectivity index (χ0n) is 15.4. The van der Waals surface area contributed by atoms with Crippen molar-refractivity contribution in [3.63, 3.8) is 0 Å². The van der Waals surface area contributed by atoms with Gasteiger partial charge in [0.1, 0.15) is 0 Å². The Hall–Kier alpha value is -2.83. The lowest BCUT2D eigenvalue weighted by molar-refractivity contribution is 0.0595. The molecule has 2 saturated heterocycles. The second kappa shape index (κ2) is 7.82. The average molecular weight is 367 g/mol. The molecule has 1 aromatic heterocycles. The molecule has 3 amide bonds. The monoisotopic (exact) mass is 367 g/mol. The fourth-order valence-electron chi connectivity index (χ4n) is 3.98. The normalized spacial score (nSPS) is 20.0. The van der Waals surface area contributed by atoms with Crippen molar-refractivity contribution < 1.29 is 9.59 Å². The summed E-state index contributed by atoms with van der Waals surface area (Å²) < 4.78 is 2.06. The number of anilines is 1. The standard InChI is InChI=1S/C20H25N5O2/c26-19(16-4-3-6-18(14-16)25-13-9-22-20(25)27)24-10-2-1-5-17(24)7-11-23-12-8-21-15-23/h3-4,6,8,12,14-15,17H,1-2,5,7,9-11,13H2,(H,22,27)/t17-/m0/s1. The third-order valence-electron chi connectivity index (χ3n) is 5.43. The quantitative estimate of drug-likeness (QED) is 0.883. The lowest BCUT2D eigenvalue weighted by Gasteiger charge is -2.36. The predicted octanol–water partition coefficient (Wildman–Crippen LogP) is 2.50. The highest BCUT2D eigenvalue weighted by Crippen LogP contribution is 2.25. The van der Waals surface area contributed by atoms with Crippen LogP contribution in [0.5, 0.6) is 0 Å². The number of nitrogens with one attached hydrogen (secondary N) is 1. The van der Waals surface area contributed by atoms with Crippen LogP contribution in [-0.4, -0.2) is 52.1 Å². The SMILES string of the molecule is O=C1NCCN1c1cccc(C(=O)N2CCCC[C@H]2CCn2ccnc2)c1. The molecule has 7 heteroatoms. The van der Waals surface area contributed by atoms with Crippen LogP contribution in [0.2, 0.25) is 0 Å². The highest BCUT2D eigenvalue weighted by molar-refractivity contribution is 5.98. The molecule has 0 spiro atoms. The molecule has 7 nitrogen and oxygen atoms in total. The van der Waals surface area contributed by atoms with Crippen molar-refractivity contribution in [3.8, 4) is 0 Å². The van der Waals surface area contributed by atoms with Gasteiger partial charge >= 0.3 is 6.03 Å². The first-order valence-electron chi connectivity index (χ1n) is 9.64. The van der Waals surface area contributed by atoms with E-state index >= 15 is 0 Å². The summed E-state index contributed by atoms with van der Waals surface area (Å²) in [7, 11) is 0. The molecule has 1 N–H and O–H groups in total. The van der Waals surface area contributed by atoms with Crippen molar-refractivity contribution in [2.45, 2.75) is 38.3 Å². The highest BCUT2D eigenvalue weighted by atomic mass is 16.2. The van der Waals surface area contributed by atoms with Crippen LogP contribution in [0.3, 0.4) is 0 Å². The highest BCUT2D eigenvalue weighted by Gasteiger charge is 2.28. The van der Waals surface area contributed by atoms with E-state index in [9.17, 15) is 9.59 Å². The fourth-order valence-corrected chi connectivity index (χ4v) is 3.98. The molecule has 0 aliphatic carbocycles. The van der Waals surface area contributed by atoms with E-state index < -0.39 is 0 Å². The van der Waals surface area contributed by atoms with Crippen molar-refractivity contribution in [2.75, 3.05) is 24.5 Å². The van der Waals surface area contributed by atoms with Crippen LogP contribution in [0.15, 0.2) is 43.0 Å². The minimum Gasteiger partial charge on any atom is -0.337 e. The maximum Gasteiger partial charge on any atom is 0.321 e. The number of benzene rings is 1. The van der Waals surface area contributed by atoms with Gasteiger partial charge < -0.3 is 14.8 Å². The van der Waals surface area contributed by atoms with E-state index in [0.29, 0.717) is 18.7 Å². The minimum absolute atomic E-state index is 0.0618. The van der Waals surface area contributed by atoms with Gasteiger partial charge in [0.05, 0.1) is 6.33 Å². The lowest BCUT2D eigenvalue weighted by Crippen LogP contribution is -2.44. The Morgan fingerprint density at radius 1 is 1.26 bits per heavy atom. The molecule has 27 heavy (non-hydrogen) atoms. The zero-order valence-corrected chi connectivity index (χ0v) is 15.4. The fraction of sp³-hybridized carbons (Fsp3) is 0.450. The van der Waals surface area contributed by atoms with Crippen LogP contribution in [0, 0.1) is 0 Å². The molecule has 1 atom stereocenters. The van der Waals surface area contributed by atoms with Gasteiger partial charge in [0.15, 0.2) is 0 Å². The maximum atomic E-state index is 13.2. The summed E-state index contributed by atoms with van der Waals surface area (Å²) in [6.07, 6.45) is 9.72. The number of carbonyl (C=O) groups excluding carboxylic acids is 2. The van der Waals surface area contributed by atoms with Gasteiger partial charge in [-0.15, -0.1) is 0 Å². The number of aromatic nitrogens is 2. The first-order chi connectivity index (χ1) is 13.2. The predicted molar refractivity (Wildman–Crippen MR) is 103 cm³/mol. The third-order valence-corrected chi connectivity index (χ3v) is 5.43. The van der Waals surface area contributed by atoms with E-state index in [-0.39, 0.29) is 18.0 Å². The summed E-state index contributed by atoms with van der Waals surface area (Å²) in [5.41, 5.74) is 1.43. The number of rotatable bonds is 5. The van der Waals surface area contributed by atoms with Gasteiger partial charge in [0.25, 0.3) is 5.91 Å². The maximum absolute atomic E-state index is 13.2. The van der Waals surface area contributed by atoms with E-state index in [1.165, 1.54) is 0 Å². The zero-order chi connectivity index (χ0) is 18.6. The second-order valence-corrected chi connectivity index (χ2v) is 7.17. The van der Waals surface area contributed by atoms with Crippen LogP contribution >= 0.6 is 0 Å². The Labute approximate surface area is 159 Å². The Morgan fingerprint density at radius 2 is 2.19 bits per heavy atom. The summed E-state index contributed by atoms with van der Waals surface area (Å²) in [4.78, 5) is 32.9. The lowest BCUT2D eigenvalue weighted by atomic mass is 9.98. The number of likely N-dealkylation sites (tertiary alicyclic amines) is 1. The Morgan fingerprint density at radius 3 is 2.96 bits per heavy atom. The average Bonchev–Trinajstić information content (AvgIpc) is 3.38. The van der Waals surface area contributed by atoms with Crippen molar-refractivity contribution in [3.05, 3.63) is 48.5 Å². The number of hydrogen-bond donors (Lipinski definition) is 1. The van der Waals surface area contributed by atoms with Crippen molar-refractivity contribution in [2.24, 2.45) is 0 Å². The van der Waals surface area contributed by atoms with E-state index in [1.807, 2.05) is 41.7 Å². The molecule has 2 fully saturated rings. The Kier molecular flexibility index (Phi) is 5.09. The van der Waals surface area contributed by atoms with E-state index in [0.717, 1.165) is 44.5 Å². The number of piperidine rings is 1. The molecular weight excluding hydrogens is 342 g/mol. The van der Waals surface area contributed by atoms with Gasteiger partial charge in [-0.3, -0.25) is 9.69 Å². The van der Waals surface area contributed by atoms with E-state index in [2.05, 4.69) is 14.9 Å². The second-order valence-electron chi connectivity index (χ2n) is 7.17. The summed E-state index contributed by atoms with van der Waals surface area (Å²) in [5.74, 6) is 0.0618. The van der Waals surface area contributed by atoms with E-state index in [1.54, 1.807) is 11.1 Å². The molecule has 0 unspecified atom stereocenters. The Balaban J connectivity index is 1.48. The first-order valence-corrected chi connectivity index (χ1v) is 9.64. The van der Waals surface area contributed by atoms with Gasteiger partial charge in [-0.2, -0.15) is 0 Å². The molecule has 142 valence electrons. The van der Waals surface area contributed by atoms with Crippen LogP contribution in [0.4, 0.5) is 10.5 Å². The van der Waals surface area contributed by atoms with Crippen molar-refractivity contribution in [1.29, 1.82) is 0 Å². The molecule has 0 bridgehead atoms. The third kappa shape index (κ3) is 3.82. The summed E-state index contributed by atoms with van der Waals surface area (Å²) >= 11 is 0. The number of carbonyl (C=O) groups is 2. The van der Waals surface area contributed by atoms with Gasteiger partial charge in [-0.25, -0.2) is 9.78 Å². The number of imidazole rings is 1. The van der Waals surface area contributed by atoms with Gasteiger partial charge in [-0.05, 0) is 43.9 Å². The molecule has 2 aliphatic heterocycles. The summed E-state index contributed by atoms with van der Waals surface area (Å²) in [5, 5.41) is 2.80. The van der Waals surface area contributed by atoms with Crippen LogP contribution < -0.4 is 10.2 Å². The van der Waals surface area contributed by atoms with E-state index in [4.69, 9.17) is 0 Å². The van der Waals surface area contributed by atoms with Gasteiger partial charge in [0.2, 0.25) is 0 Å². The number of nitrogens with zero attached hydrogens (tertiary/aromatic N) is 4. The topological polar surface area (TPSA) is 70.5 Å². The molecule has 0 radical (unpaired) electrons. The van der Waals surface area contributed by atoms with Crippen LogP contribution in [0.25, 0.3) is 0 Å². The number of urea groups is 1. The van der Waals surface area contributed by atoms with Crippen LogP contribution in [-0.2, 0) is 6.54 Å². The molecule has 0 saturated carbocycles. The van der Waals surface area contributed by atoms with Crippen LogP contribution in [0.1, 0.15) is 36.0 Å². The largest absolute Gasteiger partial charge is 0.337 e. The molecule has 1 aromatic carbocycles. The Bertz CT molecular complexity index is 804.